The summed E-state index contributed by atoms with van der Waals surface area (Å²) in [5.74, 6) is 0.552. The molecule has 0 aliphatic carbocycles. The van der Waals surface area contributed by atoms with E-state index in [4.69, 9.17) is 17.0 Å². The molecule has 0 spiro atoms. The summed E-state index contributed by atoms with van der Waals surface area (Å²) in [5, 5.41) is 4.14. The van der Waals surface area contributed by atoms with Gasteiger partial charge < -0.3 is 19.5 Å². The number of pyridine rings is 1. The van der Waals surface area contributed by atoms with Gasteiger partial charge in [-0.2, -0.15) is 0 Å². The molecule has 7 heteroatoms. The first kappa shape index (κ1) is 24.0. The van der Waals surface area contributed by atoms with Crippen LogP contribution in [0.2, 0.25) is 0 Å². The van der Waals surface area contributed by atoms with Crippen molar-refractivity contribution in [3.63, 3.8) is 0 Å². The summed E-state index contributed by atoms with van der Waals surface area (Å²) < 4.78 is 22.0. The van der Waals surface area contributed by atoms with Crippen LogP contribution in [0, 0.1) is 19.7 Å². The van der Waals surface area contributed by atoms with Crippen molar-refractivity contribution in [2.24, 2.45) is 0 Å². The molecule has 2 aromatic carbocycles. The van der Waals surface area contributed by atoms with Gasteiger partial charge in [-0.1, -0.05) is 12.1 Å². The summed E-state index contributed by atoms with van der Waals surface area (Å²) >= 11 is 5.87. The van der Waals surface area contributed by atoms with Gasteiger partial charge in [-0.05, 0) is 106 Å². The second kappa shape index (κ2) is 9.74. The van der Waals surface area contributed by atoms with Gasteiger partial charge in [-0.3, -0.25) is 4.98 Å². The highest BCUT2D eigenvalue weighted by atomic mass is 32.1. The Morgan fingerprint density at radius 2 is 1.75 bits per heavy atom. The van der Waals surface area contributed by atoms with E-state index in [-0.39, 0.29) is 24.0 Å². The van der Waals surface area contributed by atoms with E-state index in [2.05, 4.69) is 32.8 Å². The fourth-order valence-corrected chi connectivity index (χ4v) is 5.35. The molecule has 0 radical (unpaired) electrons. The van der Waals surface area contributed by atoms with Crippen molar-refractivity contribution in [1.29, 1.82) is 0 Å². The lowest BCUT2D eigenvalue weighted by Crippen LogP contribution is -2.29. The Morgan fingerprint density at radius 1 is 0.972 bits per heavy atom. The highest BCUT2D eigenvalue weighted by molar-refractivity contribution is 7.80. The molecule has 2 atom stereocenters. The van der Waals surface area contributed by atoms with Gasteiger partial charge in [0.2, 0.25) is 0 Å². The smallest absolute Gasteiger partial charge is 0.174 e. The Hall–Kier alpha value is -3.71. The quantitative estimate of drug-likeness (QED) is 0.303. The summed E-state index contributed by atoms with van der Waals surface area (Å²) in [5.41, 5.74) is 5.81. The number of hydrogen-bond acceptors (Lipinski definition) is 3. The summed E-state index contributed by atoms with van der Waals surface area (Å²) in [6.07, 6.45) is 1.90. The fraction of sp³-hybridized carbons (Fsp3) is 0.241. The van der Waals surface area contributed by atoms with E-state index < -0.39 is 0 Å². The van der Waals surface area contributed by atoms with Gasteiger partial charge >= 0.3 is 0 Å². The van der Waals surface area contributed by atoms with Crippen LogP contribution in [0.5, 0.6) is 5.75 Å². The van der Waals surface area contributed by atoms with Crippen LogP contribution in [0.25, 0.3) is 5.69 Å². The molecule has 184 valence electrons. The number of thiocarbonyl (C=S) groups is 1. The third-order valence-corrected chi connectivity index (χ3v) is 6.75. The zero-order chi connectivity index (χ0) is 25.4. The Bertz CT molecular complexity index is 1380. The molecule has 5 nitrogen and oxygen atoms in total. The number of benzene rings is 2. The number of aryl methyl sites for hydroxylation is 1. The molecule has 4 aromatic rings. The highest BCUT2D eigenvalue weighted by Crippen LogP contribution is 2.44. The van der Waals surface area contributed by atoms with E-state index in [0.29, 0.717) is 5.11 Å². The summed E-state index contributed by atoms with van der Waals surface area (Å²) in [6, 6.07) is 22.5. The van der Waals surface area contributed by atoms with Crippen molar-refractivity contribution < 1.29 is 9.13 Å². The van der Waals surface area contributed by atoms with Crippen LogP contribution < -0.4 is 15.0 Å². The van der Waals surface area contributed by atoms with E-state index in [0.717, 1.165) is 39.8 Å². The number of aromatic nitrogens is 2. The van der Waals surface area contributed by atoms with Crippen molar-refractivity contribution in [3.8, 4) is 11.4 Å². The van der Waals surface area contributed by atoms with E-state index in [1.54, 1.807) is 18.3 Å². The Kier molecular flexibility index (Phi) is 6.49. The molecule has 0 amide bonds. The van der Waals surface area contributed by atoms with Gasteiger partial charge in [0.05, 0.1) is 23.9 Å². The van der Waals surface area contributed by atoms with Crippen LogP contribution in [0.4, 0.5) is 10.1 Å². The van der Waals surface area contributed by atoms with E-state index in [1.165, 1.54) is 6.07 Å². The predicted octanol–water partition coefficient (Wildman–Crippen LogP) is 6.59. The molecule has 0 bridgehead atoms. The molecule has 5 rings (SSSR count). The molecule has 1 saturated heterocycles. The normalized spacial score (nSPS) is 17.5. The molecular formula is C29H29FN4OS. The molecule has 1 aliphatic rings. The number of halogens is 1. The minimum Gasteiger partial charge on any atom is -0.491 e. The van der Waals surface area contributed by atoms with Crippen LogP contribution in [-0.4, -0.2) is 20.8 Å². The van der Waals surface area contributed by atoms with Gasteiger partial charge in [0.25, 0.3) is 0 Å². The SMILES string of the molecule is Cc1cc([C@H]2[C@@H](c3ccccn3)NC(=S)N2c2ccc(OC(C)C)cc2)c(C)n1-c1cccc(F)c1. The first-order valence-electron chi connectivity index (χ1n) is 12.1. The lowest BCUT2D eigenvalue weighted by molar-refractivity contribution is 0.242. The number of nitrogens with one attached hydrogen (secondary N) is 1. The zero-order valence-corrected chi connectivity index (χ0v) is 21.6. The average Bonchev–Trinajstić information content (AvgIpc) is 3.35. The van der Waals surface area contributed by atoms with Gasteiger partial charge in [-0.25, -0.2) is 4.39 Å². The minimum absolute atomic E-state index is 0.0971. The topological polar surface area (TPSA) is 42.3 Å². The predicted molar refractivity (Wildman–Crippen MR) is 145 cm³/mol. The van der Waals surface area contributed by atoms with Crippen LogP contribution >= 0.6 is 12.2 Å². The summed E-state index contributed by atoms with van der Waals surface area (Å²) in [7, 11) is 0. The van der Waals surface area contributed by atoms with Crippen LogP contribution in [-0.2, 0) is 0 Å². The second-order valence-corrected chi connectivity index (χ2v) is 9.69. The van der Waals surface area contributed by atoms with Crippen molar-refractivity contribution in [2.45, 2.75) is 45.9 Å². The van der Waals surface area contributed by atoms with Crippen molar-refractivity contribution in [2.75, 3.05) is 4.90 Å². The monoisotopic (exact) mass is 500 g/mol. The third-order valence-electron chi connectivity index (χ3n) is 6.44. The summed E-state index contributed by atoms with van der Waals surface area (Å²) in [4.78, 5) is 6.79. The molecule has 36 heavy (non-hydrogen) atoms. The minimum atomic E-state index is -0.262. The van der Waals surface area contributed by atoms with Crippen LogP contribution in [0.3, 0.4) is 0 Å². The van der Waals surface area contributed by atoms with Gasteiger partial charge in [0.15, 0.2) is 5.11 Å². The van der Waals surface area contributed by atoms with Gasteiger partial charge in [-0.15, -0.1) is 0 Å². The van der Waals surface area contributed by atoms with E-state index >= 15 is 0 Å². The maximum absolute atomic E-state index is 14.1. The molecule has 2 aromatic heterocycles. The number of ether oxygens (including phenoxy) is 1. The number of nitrogens with zero attached hydrogens (tertiary/aromatic N) is 3. The van der Waals surface area contributed by atoms with Gasteiger partial charge in [0, 0.05) is 29.0 Å². The highest BCUT2D eigenvalue weighted by Gasteiger charge is 2.42. The van der Waals surface area contributed by atoms with Crippen molar-refractivity contribution in [3.05, 3.63) is 107 Å². The van der Waals surface area contributed by atoms with Crippen LogP contribution in [0.1, 0.15) is 48.6 Å². The maximum Gasteiger partial charge on any atom is 0.174 e. The molecule has 3 heterocycles. The molecule has 0 unspecified atom stereocenters. The fourth-order valence-electron chi connectivity index (χ4n) is 5.01. The van der Waals surface area contributed by atoms with Crippen molar-refractivity contribution >= 4 is 23.0 Å². The van der Waals surface area contributed by atoms with E-state index in [1.807, 2.05) is 69.3 Å². The largest absolute Gasteiger partial charge is 0.491 e. The number of rotatable bonds is 6. The molecular weight excluding hydrogens is 471 g/mol. The number of anilines is 1. The Morgan fingerprint density at radius 3 is 2.42 bits per heavy atom. The third kappa shape index (κ3) is 4.46. The lowest BCUT2D eigenvalue weighted by Gasteiger charge is -2.28. The second-order valence-electron chi connectivity index (χ2n) is 9.30. The van der Waals surface area contributed by atoms with E-state index in [9.17, 15) is 4.39 Å². The Labute approximate surface area is 216 Å². The molecule has 1 N–H and O–H groups in total. The zero-order valence-electron chi connectivity index (χ0n) is 20.8. The first-order chi connectivity index (χ1) is 17.3. The Balaban J connectivity index is 1.63. The standard InChI is InChI=1S/C29H29FN4OS/c1-18(2)35-24-13-11-22(12-14-24)34-28(27(32-29(34)36)26-10-5-6-15-31-26)25-16-19(3)33(20(25)4)23-9-7-8-21(30)17-23/h5-18,27-28H,1-4H3,(H,32,36)/t27-,28+/m1/s1. The molecule has 1 fully saturated rings. The number of hydrogen-bond donors (Lipinski definition) is 1. The average molecular weight is 501 g/mol. The molecule has 1 aliphatic heterocycles. The summed E-state index contributed by atoms with van der Waals surface area (Å²) in [6.45, 7) is 8.13. The molecule has 0 saturated carbocycles. The lowest BCUT2D eigenvalue weighted by atomic mass is 9.96. The maximum atomic E-state index is 14.1. The van der Waals surface area contributed by atoms with Gasteiger partial charge in [0.1, 0.15) is 11.6 Å². The first-order valence-corrected chi connectivity index (χ1v) is 12.5. The van der Waals surface area contributed by atoms with Crippen molar-refractivity contribution in [1.82, 2.24) is 14.9 Å². The van der Waals surface area contributed by atoms with Crippen LogP contribution in [0.15, 0.2) is 79.0 Å².